The van der Waals surface area contributed by atoms with Gasteiger partial charge in [0, 0.05) is 13.0 Å². The van der Waals surface area contributed by atoms with Gasteiger partial charge in [0.25, 0.3) is 0 Å². The first-order valence-corrected chi connectivity index (χ1v) is 6.93. The van der Waals surface area contributed by atoms with E-state index in [1.165, 1.54) is 4.90 Å². The first-order valence-electron chi connectivity index (χ1n) is 6.93. The molecule has 1 fully saturated rings. The Morgan fingerprint density at radius 1 is 1.39 bits per heavy atom. The van der Waals surface area contributed by atoms with Crippen molar-refractivity contribution in [1.29, 1.82) is 0 Å². The maximum atomic E-state index is 14.4. The molecule has 1 rings (SSSR count). The van der Waals surface area contributed by atoms with Crippen LogP contribution in [0.1, 0.15) is 59.8 Å². The number of hydrogen-bond acceptors (Lipinski definition) is 2. The lowest BCUT2D eigenvalue weighted by atomic mass is 9.97. The van der Waals surface area contributed by atoms with Gasteiger partial charge in [-0.1, -0.05) is 26.2 Å². The molecule has 1 unspecified atom stereocenters. The standard InChI is InChI=1S/C14H26FNO2/c1-5-6-7-8-14(15)9-10-16(11-14)12(17)18-13(2,3)4/h5-11H2,1-4H3. The van der Waals surface area contributed by atoms with E-state index in [0.29, 0.717) is 19.4 Å². The lowest BCUT2D eigenvalue weighted by Crippen LogP contribution is -2.37. The summed E-state index contributed by atoms with van der Waals surface area (Å²) in [5, 5.41) is 0. The van der Waals surface area contributed by atoms with Crippen molar-refractivity contribution in [3.63, 3.8) is 0 Å². The van der Waals surface area contributed by atoms with Gasteiger partial charge in [-0.25, -0.2) is 9.18 Å². The molecule has 1 saturated heterocycles. The van der Waals surface area contributed by atoms with Gasteiger partial charge in [0.15, 0.2) is 0 Å². The summed E-state index contributed by atoms with van der Waals surface area (Å²) in [5.41, 5.74) is -1.72. The molecule has 1 aliphatic rings. The summed E-state index contributed by atoms with van der Waals surface area (Å²) in [6.07, 6.45) is 3.65. The highest BCUT2D eigenvalue weighted by atomic mass is 19.1. The predicted molar refractivity (Wildman–Crippen MR) is 70.4 cm³/mol. The topological polar surface area (TPSA) is 29.5 Å². The number of unbranched alkanes of at least 4 members (excludes halogenated alkanes) is 2. The third-order valence-electron chi connectivity index (χ3n) is 3.18. The van der Waals surface area contributed by atoms with Crippen molar-refractivity contribution in [3.8, 4) is 0 Å². The van der Waals surface area contributed by atoms with Gasteiger partial charge in [-0.15, -0.1) is 0 Å². The van der Waals surface area contributed by atoms with Crippen LogP contribution in [0.4, 0.5) is 9.18 Å². The second-order valence-electron chi connectivity index (χ2n) is 6.26. The van der Waals surface area contributed by atoms with Crippen LogP contribution in [0.5, 0.6) is 0 Å². The van der Waals surface area contributed by atoms with E-state index < -0.39 is 17.4 Å². The first-order chi connectivity index (χ1) is 8.26. The van der Waals surface area contributed by atoms with Gasteiger partial charge < -0.3 is 9.64 Å². The summed E-state index contributed by atoms with van der Waals surface area (Å²) in [5.74, 6) is 0. The van der Waals surface area contributed by atoms with E-state index in [4.69, 9.17) is 4.74 Å². The third-order valence-corrected chi connectivity index (χ3v) is 3.18. The molecule has 1 aliphatic heterocycles. The Kier molecular flexibility index (Phi) is 5.00. The number of rotatable bonds is 4. The molecular formula is C14H26FNO2. The molecule has 0 radical (unpaired) electrons. The Labute approximate surface area is 110 Å². The fourth-order valence-electron chi connectivity index (χ4n) is 2.21. The molecule has 1 amide bonds. The van der Waals surface area contributed by atoms with Crippen LogP contribution in [-0.4, -0.2) is 35.4 Å². The first kappa shape index (κ1) is 15.3. The van der Waals surface area contributed by atoms with Crippen molar-refractivity contribution < 1.29 is 13.9 Å². The van der Waals surface area contributed by atoms with Gasteiger partial charge in [0.1, 0.15) is 11.3 Å². The normalized spacial score (nSPS) is 24.4. The molecule has 18 heavy (non-hydrogen) atoms. The molecule has 1 atom stereocenters. The van der Waals surface area contributed by atoms with E-state index in [9.17, 15) is 9.18 Å². The second kappa shape index (κ2) is 5.89. The summed E-state index contributed by atoms with van der Waals surface area (Å²) in [6, 6.07) is 0. The summed E-state index contributed by atoms with van der Waals surface area (Å²) >= 11 is 0. The summed E-state index contributed by atoms with van der Waals surface area (Å²) in [7, 11) is 0. The van der Waals surface area contributed by atoms with E-state index in [-0.39, 0.29) is 6.54 Å². The number of ether oxygens (including phenoxy) is 1. The number of hydrogen-bond donors (Lipinski definition) is 0. The van der Waals surface area contributed by atoms with Gasteiger partial charge in [-0.3, -0.25) is 0 Å². The molecule has 3 nitrogen and oxygen atoms in total. The SMILES string of the molecule is CCCCCC1(F)CCN(C(=O)OC(C)(C)C)C1. The smallest absolute Gasteiger partial charge is 0.410 e. The lowest BCUT2D eigenvalue weighted by Gasteiger charge is -2.25. The Morgan fingerprint density at radius 2 is 2.06 bits per heavy atom. The average molecular weight is 259 g/mol. The number of halogens is 1. The van der Waals surface area contributed by atoms with Crippen molar-refractivity contribution in [1.82, 2.24) is 4.90 Å². The maximum absolute atomic E-state index is 14.4. The molecule has 0 saturated carbocycles. The van der Waals surface area contributed by atoms with Gasteiger partial charge in [-0.2, -0.15) is 0 Å². The zero-order chi connectivity index (χ0) is 13.8. The number of nitrogens with zero attached hydrogens (tertiary/aromatic N) is 1. The van der Waals surface area contributed by atoms with Crippen LogP contribution < -0.4 is 0 Å². The Morgan fingerprint density at radius 3 is 2.61 bits per heavy atom. The van der Waals surface area contributed by atoms with Crippen LogP contribution in [-0.2, 0) is 4.74 Å². The van der Waals surface area contributed by atoms with Crippen molar-refractivity contribution >= 4 is 6.09 Å². The average Bonchev–Trinajstić information content (AvgIpc) is 2.59. The van der Waals surface area contributed by atoms with Gasteiger partial charge in [-0.05, 0) is 27.2 Å². The molecule has 0 bridgehead atoms. The Bertz CT molecular complexity index is 288. The number of carbonyl (C=O) groups is 1. The van der Waals surface area contributed by atoms with Crippen LogP contribution in [0, 0.1) is 0 Å². The highest BCUT2D eigenvalue weighted by Gasteiger charge is 2.40. The van der Waals surface area contributed by atoms with Gasteiger partial charge in [0.2, 0.25) is 0 Å². The predicted octanol–water partition coefficient (Wildman–Crippen LogP) is 3.92. The van der Waals surface area contributed by atoms with Gasteiger partial charge in [0.05, 0.1) is 6.54 Å². The highest BCUT2D eigenvalue weighted by molar-refractivity contribution is 5.68. The number of amides is 1. The van der Waals surface area contributed by atoms with E-state index in [1.807, 2.05) is 20.8 Å². The molecule has 0 aromatic rings. The van der Waals surface area contributed by atoms with Crippen LogP contribution in [0.3, 0.4) is 0 Å². The zero-order valence-corrected chi connectivity index (χ0v) is 12.1. The second-order valence-corrected chi connectivity index (χ2v) is 6.26. The van der Waals surface area contributed by atoms with E-state index in [0.717, 1.165) is 19.3 Å². The summed E-state index contributed by atoms with van der Waals surface area (Å²) in [4.78, 5) is 13.3. The Balaban J connectivity index is 2.42. The van der Waals surface area contributed by atoms with E-state index >= 15 is 0 Å². The largest absolute Gasteiger partial charge is 0.444 e. The van der Waals surface area contributed by atoms with Crippen molar-refractivity contribution in [2.24, 2.45) is 0 Å². The van der Waals surface area contributed by atoms with Crippen LogP contribution in [0.2, 0.25) is 0 Å². The number of alkyl halides is 1. The number of carbonyl (C=O) groups excluding carboxylic acids is 1. The molecule has 0 aliphatic carbocycles. The molecule has 0 spiro atoms. The monoisotopic (exact) mass is 259 g/mol. The quantitative estimate of drug-likeness (QED) is 0.716. The third kappa shape index (κ3) is 4.83. The fourth-order valence-corrected chi connectivity index (χ4v) is 2.21. The molecule has 0 N–H and O–H groups in total. The van der Waals surface area contributed by atoms with Crippen molar-refractivity contribution in [2.75, 3.05) is 13.1 Å². The summed E-state index contributed by atoms with van der Waals surface area (Å²) < 4.78 is 19.7. The molecule has 1 heterocycles. The minimum atomic E-state index is -1.20. The van der Waals surface area contributed by atoms with E-state index in [1.54, 1.807) is 0 Å². The Hall–Kier alpha value is -0.800. The van der Waals surface area contributed by atoms with Crippen LogP contribution in [0.15, 0.2) is 0 Å². The molecule has 4 heteroatoms. The maximum Gasteiger partial charge on any atom is 0.410 e. The molecular weight excluding hydrogens is 233 g/mol. The zero-order valence-electron chi connectivity index (χ0n) is 12.1. The molecule has 106 valence electrons. The van der Waals surface area contributed by atoms with E-state index in [2.05, 4.69) is 6.92 Å². The fraction of sp³-hybridized carbons (Fsp3) is 0.929. The minimum absolute atomic E-state index is 0.186. The lowest BCUT2D eigenvalue weighted by molar-refractivity contribution is 0.0253. The minimum Gasteiger partial charge on any atom is -0.444 e. The highest BCUT2D eigenvalue weighted by Crippen LogP contribution is 2.31. The van der Waals surface area contributed by atoms with Gasteiger partial charge >= 0.3 is 6.09 Å². The van der Waals surface area contributed by atoms with Crippen molar-refractivity contribution in [2.45, 2.75) is 71.1 Å². The van der Waals surface area contributed by atoms with Crippen LogP contribution in [0.25, 0.3) is 0 Å². The number of likely N-dealkylation sites (tertiary alicyclic amines) is 1. The summed E-state index contributed by atoms with van der Waals surface area (Å²) in [6.45, 7) is 8.23. The van der Waals surface area contributed by atoms with Crippen LogP contribution >= 0.6 is 0 Å². The van der Waals surface area contributed by atoms with Crippen molar-refractivity contribution in [3.05, 3.63) is 0 Å². The molecule has 0 aromatic carbocycles. The molecule has 0 aromatic heterocycles.